The van der Waals surface area contributed by atoms with Crippen LogP contribution in [0.4, 0.5) is 0 Å². The predicted octanol–water partition coefficient (Wildman–Crippen LogP) is -5.20. The van der Waals surface area contributed by atoms with Crippen LogP contribution in [0.15, 0.2) is 0 Å². The molecule has 0 aliphatic heterocycles. The number of rotatable bonds is 0. The maximum atomic E-state index is 0. The fourth-order valence-electron chi connectivity index (χ4n) is 0. The predicted molar refractivity (Wildman–Crippen MR) is 37.0 cm³/mol. The van der Waals surface area contributed by atoms with Crippen LogP contribution >= 0.6 is 0 Å². The Kier molecular flexibility index (Phi) is 510. The summed E-state index contributed by atoms with van der Waals surface area (Å²) in [5.41, 5.74) is 0. The Balaban J connectivity index is 0. The molecule has 0 aromatic rings. The van der Waals surface area contributed by atoms with E-state index in [-0.39, 0.29) is 100 Å². The zero-order chi connectivity index (χ0) is 0. The van der Waals surface area contributed by atoms with Crippen molar-refractivity contribution in [3.8, 4) is 0 Å². The number of hydrogen-bond donors (Lipinski definition) is 0. The van der Waals surface area contributed by atoms with Gasteiger partial charge in [-0.25, -0.2) is 0 Å². The molecule has 0 aromatic carbocycles. The first-order valence-electron chi connectivity index (χ1n) is 0. The van der Waals surface area contributed by atoms with Gasteiger partial charge in [0, 0.05) is 26.2 Å². The SMILES string of the molecule is O.O.[AlH3].[GaH3].[InH3].[Zr]. The van der Waals surface area contributed by atoms with Gasteiger partial charge in [-0.05, 0) is 0 Å². The first-order chi connectivity index (χ1) is 0. The van der Waals surface area contributed by atoms with Gasteiger partial charge in [-0.15, -0.1) is 0 Å². The van der Waals surface area contributed by atoms with E-state index < -0.39 is 0 Å². The van der Waals surface area contributed by atoms with E-state index in [4.69, 9.17) is 0 Å². The van der Waals surface area contributed by atoms with E-state index in [1.165, 1.54) is 0 Å². The van der Waals surface area contributed by atoms with Crippen LogP contribution in [0.25, 0.3) is 0 Å². The first-order valence-corrected chi connectivity index (χ1v) is 0. The zero-order valence-corrected chi connectivity index (χ0v) is 3.96. The van der Waals surface area contributed by atoms with Gasteiger partial charge >= 0.3 is 45.6 Å². The third kappa shape index (κ3) is 28.9. The molecule has 0 fully saturated rings. The Bertz CT molecular complexity index is 13.5. The Morgan fingerprint density at radius 1 is 0.833 bits per heavy atom. The molecule has 0 rings (SSSR count). The summed E-state index contributed by atoms with van der Waals surface area (Å²) in [6.07, 6.45) is 0. The van der Waals surface area contributed by atoms with Gasteiger partial charge in [-0.3, -0.25) is 0 Å². The second-order valence-corrected chi connectivity index (χ2v) is 0. The van der Waals surface area contributed by atoms with Gasteiger partial charge in [0.1, 0.15) is 0 Å². The molecule has 2 nitrogen and oxygen atoms in total. The van der Waals surface area contributed by atoms with E-state index in [1.807, 2.05) is 0 Å². The molecule has 0 saturated heterocycles. The molecule has 0 amide bonds. The number of hydrogen-bond acceptors (Lipinski definition) is 0. The monoisotopic (exact) mass is 346 g/mol. The Morgan fingerprint density at radius 2 is 0.833 bits per heavy atom. The fraction of sp³-hybridized carbons (Fsp3) is 0. The van der Waals surface area contributed by atoms with E-state index >= 15 is 0 Å². The average Bonchev–Trinajstić information content (AvgIpc) is 0. The molecule has 0 aliphatic carbocycles. The Morgan fingerprint density at radius 3 is 0.833 bits per heavy atom. The summed E-state index contributed by atoms with van der Waals surface area (Å²) in [5, 5.41) is 0. The first kappa shape index (κ1) is 67.3. The molecule has 38 valence electrons. The van der Waals surface area contributed by atoms with Crippen LogP contribution in [0, 0.1) is 0 Å². The van der Waals surface area contributed by atoms with Crippen molar-refractivity contribution in [2.45, 2.75) is 0 Å². The molecule has 0 bridgehead atoms. The van der Waals surface area contributed by atoms with Crippen LogP contribution in [-0.2, 0) is 26.2 Å². The quantitative estimate of drug-likeness (QED) is 0.393. The summed E-state index contributed by atoms with van der Waals surface area (Å²) >= 11 is 0. The summed E-state index contributed by atoms with van der Waals surface area (Å²) in [5.74, 6) is 0. The van der Waals surface area contributed by atoms with Gasteiger partial charge < -0.3 is 11.0 Å². The van der Waals surface area contributed by atoms with Crippen molar-refractivity contribution in [3.63, 3.8) is 0 Å². The minimum Gasteiger partial charge on any atom is 0 e. The maximum absolute atomic E-state index is 0. The molecule has 0 heterocycles. The largest absolute Gasteiger partial charge is 0 e. The maximum Gasteiger partial charge on any atom is 0 e. The zero-order valence-electron chi connectivity index (χ0n) is 1.50. The van der Waals surface area contributed by atoms with Gasteiger partial charge in [0.25, 0.3) is 0 Å². The molecule has 4 N–H and O–H groups in total. The van der Waals surface area contributed by atoms with Crippen LogP contribution in [0.1, 0.15) is 0 Å². The Labute approximate surface area is 98.5 Å². The molecule has 0 unspecified atom stereocenters. The summed E-state index contributed by atoms with van der Waals surface area (Å²) in [6.45, 7) is 0. The molecule has 0 aromatic heterocycles. The third-order valence-corrected chi connectivity index (χ3v) is 0. The van der Waals surface area contributed by atoms with E-state index in [0.717, 1.165) is 0 Å². The van der Waals surface area contributed by atoms with Crippen molar-refractivity contribution in [2.24, 2.45) is 0 Å². The topological polar surface area (TPSA) is 63.0 Å². The van der Waals surface area contributed by atoms with Crippen molar-refractivity contribution in [1.82, 2.24) is 0 Å². The molecule has 6 heteroatoms. The molecule has 0 atom stereocenters. The van der Waals surface area contributed by atoms with E-state index in [1.54, 1.807) is 0 Å². The fourth-order valence-corrected chi connectivity index (χ4v) is 0. The summed E-state index contributed by atoms with van der Waals surface area (Å²) in [6, 6.07) is 0. The van der Waals surface area contributed by atoms with E-state index in [2.05, 4.69) is 0 Å². The third-order valence-electron chi connectivity index (χ3n) is 0. The second kappa shape index (κ2) is 45.5. The van der Waals surface area contributed by atoms with E-state index in [9.17, 15) is 0 Å². The van der Waals surface area contributed by atoms with Crippen LogP contribution in [0.5, 0.6) is 0 Å². The average molecular weight is 348 g/mol. The normalized spacial score (nSPS) is 0. The Hall–Kier alpha value is 2.84. The smallest absolute Gasteiger partial charge is 0 e. The van der Waals surface area contributed by atoms with Crippen molar-refractivity contribution in [2.75, 3.05) is 0 Å². The minimum atomic E-state index is 0. The second-order valence-electron chi connectivity index (χ2n) is 0. The molecule has 0 saturated carbocycles. The molecule has 0 spiro atoms. The van der Waals surface area contributed by atoms with E-state index in [0.29, 0.717) is 0 Å². The minimum absolute atomic E-state index is 0. The molecule has 6 heavy (non-hydrogen) atoms. The van der Waals surface area contributed by atoms with Gasteiger partial charge in [0.15, 0.2) is 17.4 Å². The van der Waals surface area contributed by atoms with Crippen molar-refractivity contribution in [1.29, 1.82) is 0 Å². The summed E-state index contributed by atoms with van der Waals surface area (Å²) in [7, 11) is 0. The summed E-state index contributed by atoms with van der Waals surface area (Å²) in [4.78, 5) is 0. The van der Waals surface area contributed by atoms with Gasteiger partial charge in [0.05, 0.1) is 0 Å². The van der Waals surface area contributed by atoms with Crippen LogP contribution in [-0.4, -0.2) is 73.9 Å². The summed E-state index contributed by atoms with van der Waals surface area (Å²) < 4.78 is 0. The molecule has 0 aliphatic rings. The molecular weight excluding hydrogens is 335 g/mol. The molecule has 0 radical (unpaired) electrons. The van der Waals surface area contributed by atoms with Crippen molar-refractivity contribution >= 4 is 63.0 Å². The van der Waals surface area contributed by atoms with Gasteiger partial charge in [-0.1, -0.05) is 0 Å². The van der Waals surface area contributed by atoms with Crippen molar-refractivity contribution < 1.29 is 37.2 Å². The van der Waals surface area contributed by atoms with Gasteiger partial charge in [0.2, 0.25) is 0 Å². The van der Waals surface area contributed by atoms with Crippen molar-refractivity contribution in [3.05, 3.63) is 0 Å². The van der Waals surface area contributed by atoms with Crippen LogP contribution < -0.4 is 0 Å². The molecular formula is H13AlGaInO2Zr. The standard InChI is InChI=1S/Al.Ga.In.2H2O.Zr.9H/h;;;2*1H2;;;;;;;;;;. The van der Waals surface area contributed by atoms with Gasteiger partial charge in [-0.2, -0.15) is 0 Å². The van der Waals surface area contributed by atoms with Crippen LogP contribution in [0.2, 0.25) is 0 Å². The van der Waals surface area contributed by atoms with Crippen LogP contribution in [0.3, 0.4) is 0 Å².